The first-order chi connectivity index (χ1) is 10.2. The molecule has 0 radical (unpaired) electrons. The van der Waals surface area contributed by atoms with E-state index in [9.17, 15) is 0 Å². The van der Waals surface area contributed by atoms with Crippen molar-refractivity contribution in [2.24, 2.45) is 0 Å². The Morgan fingerprint density at radius 3 is 2.55 bits per heavy atom. The highest BCUT2D eigenvalue weighted by Crippen LogP contribution is 2.45. The largest absolute Gasteiger partial charge is 0.497 e. The van der Waals surface area contributed by atoms with Gasteiger partial charge in [-0.1, -0.05) is 20.8 Å². The SMILES string of the molecule is COc1ccc2c(c1)OC(C)(C)c1cnc(C(C)(C)C)nc1-2. The van der Waals surface area contributed by atoms with Crippen molar-refractivity contribution in [2.75, 3.05) is 7.11 Å². The Bertz CT molecular complexity index is 730. The van der Waals surface area contributed by atoms with Gasteiger partial charge in [-0.05, 0) is 26.0 Å². The number of ether oxygens (including phenoxy) is 2. The Morgan fingerprint density at radius 1 is 1.18 bits per heavy atom. The molecule has 4 heteroatoms. The van der Waals surface area contributed by atoms with Gasteiger partial charge < -0.3 is 9.47 Å². The first kappa shape index (κ1) is 14.8. The number of methoxy groups -OCH3 is 1. The summed E-state index contributed by atoms with van der Waals surface area (Å²) in [5, 5.41) is 0. The smallest absolute Gasteiger partial charge is 0.134 e. The van der Waals surface area contributed by atoms with Crippen LogP contribution in [0.5, 0.6) is 11.5 Å². The van der Waals surface area contributed by atoms with Gasteiger partial charge in [0.2, 0.25) is 0 Å². The van der Waals surface area contributed by atoms with Gasteiger partial charge in [-0.2, -0.15) is 0 Å². The van der Waals surface area contributed by atoms with Crippen molar-refractivity contribution in [1.29, 1.82) is 0 Å². The van der Waals surface area contributed by atoms with Crippen LogP contribution in [0.2, 0.25) is 0 Å². The molecule has 4 nitrogen and oxygen atoms in total. The molecular formula is C18H22N2O2. The van der Waals surface area contributed by atoms with Crippen LogP contribution in [-0.2, 0) is 11.0 Å². The zero-order chi connectivity index (χ0) is 16.1. The van der Waals surface area contributed by atoms with Gasteiger partial charge in [0.1, 0.15) is 22.9 Å². The summed E-state index contributed by atoms with van der Waals surface area (Å²) in [6.07, 6.45) is 1.90. The van der Waals surface area contributed by atoms with Gasteiger partial charge in [0.05, 0.1) is 12.8 Å². The second-order valence-corrected chi connectivity index (χ2v) is 7.18. The number of nitrogens with zero attached hydrogens (tertiary/aromatic N) is 2. The van der Waals surface area contributed by atoms with Gasteiger partial charge in [-0.3, -0.25) is 0 Å². The fourth-order valence-electron chi connectivity index (χ4n) is 2.63. The van der Waals surface area contributed by atoms with Crippen molar-refractivity contribution in [2.45, 2.75) is 45.6 Å². The van der Waals surface area contributed by atoms with E-state index in [4.69, 9.17) is 14.5 Å². The summed E-state index contributed by atoms with van der Waals surface area (Å²) in [7, 11) is 1.66. The average molecular weight is 298 g/mol. The van der Waals surface area contributed by atoms with E-state index < -0.39 is 5.60 Å². The van der Waals surface area contributed by atoms with Gasteiger partial charge in [-0.15, -0.1) is 0 Å². The molecule has 2 heterocycles. The lowest BCUT2D eigenvalue weighted by Crippen LogP contribution is -2.31. The van der Waals surface area contributed by atoms with Gasteiger partial charge in [0, 0.05) is 28.8 Å². The summed E-state index contributed by atoms with van der Waals surface area (Å²) in [6, 6.07) is 5.85. The van der Waals surface area contributed by atoms with Crippen LogP contribution in [-0.4, -0.2) is 17.1 Å². The lowest BCUT2D eigenvalue weighted by atomic mass is 9.89. The summed E-state index contributed by atoms with van der Waals surface area (Å²) in [6.45, 7) is 10.4. The summed E-state index contributed by atoms with van der Waals surface area (Å²) in [5.74, 6) is 2.42. The van der Waals surface area contributed by atoms with Crippen LogP contribution in [0, 0.1) is 0 Å². The van der Waals surface area contributed by atoms with Gasteiger partial charge in [0.15, 0.2) is 0 Å². The molecule has 0 fully saturated rings. The third-order valence-corrected chi connectivity index (χ3v) is 3.92. The molecule has 1 aliphatic heterocycles. The maximum absolute atomic E-state index is 6.15. The highest BCUT2D eigenvalue weighted by atomic mass is 16.5. The van der Waals surface area contributed by atoms with E-state index >= 15 is 0 Å². The predicted molar refractivity (Wildman–Crippen MR) is 86.4 cm³/mol. The standard InChI is InChI=1S/C18H22N2O2/c1-17(2,3)16-19-10-13-15(20-16)12-8-7-11(21-6)9-14(12)22-18(13,4)5/h7-10H,1-6H3. The minimum atomic E-state index is -0.467. The molecule has 0 saturated heterocycles. The minimum absolute atomic E-state index is 0.0931. The van der Waals surface area contributed by atoms with Crippen LogP contribution in [0.15, 0.2) is 24.4 Å². The van der Waals surface area contributed by atoms with Gasteiger partial charge in [-0.25, -0.2) is 9.97 Å². The second-order valence-electron chi connectivity index (χ2n) is 7.18. The number of hydrogen-bond acceptors (Lipinski definition) is 4. The Balaban J connectivity index is 2.25. The Labute approximate surface area is 131 Å². The summed E-state index contributed by atoms with van der Waals surface area (Å²) < 4.78 is 11.5. The summed E-state index contributed by atoms with van der Waals surface area (Å²) in [5.41, 5.74) is 2.39. The fraction of sp³-hybridized carbons (Fsp3) is 0.444. The third kappa shape index (κ3) is 2.32. The molecule has 0 spiro atoms. The fourth-order valence-corrected chi connectivity index (χ4v) is 2.63. The topological polar surface area (TPSA) is 44.2 Å². The highest BCUT2D eigenvalue weighted by molar-refractivity contribution is 5.74. The quantitative estimate of drug-likeness (QED) is 0.796. The molecule has 0 saturated carbocycles. The Hall–Kier alpha value is -2.10. The van der Waals surface area contributed by atoms with Crippen LogP contribution < -0.4 is 9.47 Å². The van der Waals surface area contributed by atoms with Crippen LogP contribution >= 0.6 is 0 Å². The number of rotatable bonds is 1. The van der Waals surface area contributed by atoms with Crippen LogP contribution in [0.4, 0.5) is 0 Å². The van der Waals surface area contributed by atoms with E-state index in [0.29, 0.717) is 0 Å². The minimum Gasteiger partial charge on any atom is -0.497 e. The molecule has 1 aliphatic rings. The lowest BCUT2D eigenvalue weighted by Gasteiger charge is -2.34. The van der Waals surface area contributed by atoms with Gasteiger partial charge >= 0.3 is 0 Å². The normalized spacial score (nSPS) is 15.5. The zero-order valence-electron chi connectivity index (χ0n) is 14.0. The number of fused-ring (bicyclic) bond motifs is 3. The molecule has 0 bridgehead atoms. The van der Waals surface area contributed by atoms with E-state index in [-0.39, 0.29) is 5.41 Å². The van der Waals surface area contributed by atoms with Crippen LogP contribution in [0.25, 0.3) is 11.3 Å². The molecule has 0 atom stereocenters. The van der Waals surface area contributed by atoms with Crippen molar-refractivity contribution in [3.8, 4) is 22.8 Å². The van der Waals surface area contributed by atoms with E-state index in [2.05, 4.69) is 25.8 Å². The van der Waals surface area contributed by atoms with Gasteiger partial charge in [0.25, 0.3) is 0 Å². The number of hydrogen-bond donors (Lipinski definition) is 0. The van der Waals surface area contributed by atoms with Crippen molar-refractivity contribution < 1.29 is 9.47 Å². The van der Waals surface area contributed by atoms with Crippen molar-refractivity contribution in [1.82, 2.24) is 9.97 Å². The molecular weight excluding hydrogens is 276 g/mol. The van der Waals surface area contributed by atoms with Crippen LogP contribution in [0.3, 0.4) is 0 Å². The maximum Gasteiger partial charge on any atom is 0.134 e. The zero-order valence-corrected chi connectivity index (χ0v) is 14.0. The second kappa shape index (κ2) is 4.70. The Kier molecular flexibility index (Phi) is 3.17. The molecule has 0 amide bonds. The molecule has 1 aromatic carbocycles. The molecule has 2 aromatic rings. The Morgan fingerprint density at radius 2 is 1.91 bits per heavy atom. The van der Waals surface area contributed by atoms with Crippen molar-refractivity contribution in [3.63, 3.8) is 0 Å². The lowest BCUT2D eigenvalue weighted by molar-refractivity contribution is 0.104. The van der Waals surface area contributed by atoms with Crippen molar-refractivity contribution in [3.05, 3.63) is 35.8 Å². The molecule has 1 aromatic heterocycles. The van der Waals surface area contributed by atoms with E-state index in [0.717, 1.165) is 34.1 Å². The molecule has 3 rings (SSSR count). The monoisotopic (exact) mass is 298 g/mol. The third-order valence-electron chi connectivity index (χ3n) is 3.92. The predicted octanol–water partition coefficient (Wildman–Crippen LogP) is 4.08. The van der Waals surface area contributed by atoms with E-state index in [1.807, 2.05) is 38.2 Å². The molecule has 116 valence electrons. The first-order valence-electron chi connectivity index (χ1n) is 7.48. The van der Waals surface area contributed by atoms with E-state index in [1.165, 1.54) is 0 Å². The molecule has 0 aliphatic carbocycles. The van der Waals surface area contributed by atoms with E-state index in [1.54, 1.807) is 7.11 Å². The van der Waals surface area contributed by atoms with Crippen LogP contribution in [0.1, 0.15) is 46.0 Å². The summed E-state index contributed by atoms with van der Waals surface area (Å²) >= 11 is 0. The average Bonchev–Trinajstić information content (AvgIpc) is 2.44. The first-order valence-corrected chi connectivity index (χ1v) is 7.48. The molecule has 22 heavy (non-hydrogen) atoms. The maximum atomic E-state index is 6.15. The van der Waals surface area contributed by atoms with Crippen molar-refractivity contribution >= 4 is 0 Å². The highest BCUT2D eigenvalue weighted by Gasteiger charge is 2.35. The molecule has 0 unspecified atom stereocenters. The summed E-state index contributed by atoms with van der Waals surface area (Å²) in [4.78, 5) is 9.39. The number of aromatic nitrogens is 2. The molecule has 0 N–H and O–H groups in total. The number of benzene rings is 1.